The number of aryl methyl sites for hydroxylation is 1. The van der Waals surface area contributed by atoms with E-state index in [0.717, 1.165) is 10.7 Å². The molecule has 1 unspecified atom stereocenters. The second-order valence-electron chi connectivity index (χ2n) is 5.51. The lowest BCUT2D eigenvalue weighted by Gasteiger charge is -2.22. The van der Waals surface area contributed by atoms with Gasteiger partial charge in [0.2, 0.25) is 0 Å². The number of rotatable bonds is 6. The molecule has 0 aliphatic carbocycles. The maximum Gasteiger partial charge on any atom is 0.289 e. The summed E-state index contributed by atoms with van der Waals surface area (Å²) < 4.78 is 5.69. The van der Waals surface area contributed by atoms with Gasteiger partial charge in [-0.3, -0.25) is 4.79 Å². The van der Waals surface area contributed by atoms with Crippen LogP contribution in [0.4, 0.5) is 0 Å². The molecule has 0 radical (unpaired) electrons. The standard InChI is InChI=1S/C17H18N4O2S2/c1-11-9-24-15(20-11)12(2)21(3)16(22)14-6-5-13(23-14)10-25-17-18-7-4-8-19-17/h4-9,12H,10H2,1-3H3. The lowest BCUT2D eigenvalue weighted by atomic mass is 10.3. The molecule has 0 bridgehead atoms. The topological polar surface area (TPSA) is 72.1 Å². The van der Waals surface area contributed by atoms with Crippen LogP contribution in [0, 0.1) is 6.92 Å². The Hall–Kier alpha value is -2.19. The van der Waals surface area contributed by atoms with Crippen molar-refractivity contribution >= 4 is 29.0 Å². The number of hydrogen-bond donors (Lipinski definition) is 0. The first kappa shape index (κ1) is 17.6. The SMILES string of the molecule is Cc1csc(C(C)N(C)C(=O)c2ccc(CSc3ncccn3)o2)n1. The molecule has 3 rings (SSSR count). The van der Waals surface area contributed by atoms with E-state index in [2.05, 4.69) is 15.0 Å². The van der Waals surface area contributed by atoms with Crippen molar-refractivity contribution in [3.05, 3.63) is 58.2 Å². The number of aromatic nitrogens is 3. The molecule has 3 heterocycles. The van der Waals surface area contributed by atoms with Crippen molar-refractivity contribution in [3.8, 4) is 0 Å². The molecule has 0 aromatic carbocycles. The molecule has 0 aliphatic rings. The summed E-state index contributed by atoms with van der Waals surface area (Å²) in [4.78, 5) is 27.0. The van der Waals surface area contributed by atoms with E-state index in [4.69, 9.17) is 4.42 Å². The molecule has 0 aliphatic heterocycles. The summed E-state index contributed by atoms with van der Waals surface area (Å²) in [6.07, 6.45) is 3.40. The molecule has 1 atom stereocenters. The Balaban J connectivity index is 1.63. The summed E-state index contributed by atoms with van der Waals surface area (Å²) in [7, 11) is 1.76. The van der Waals surface area contributed by atoms with Gasteiger partial charge < -0.3 is 9.32 Å². The molecule has 0 saturated heterocycles. The van der Waals surface area contributed by atoms with E-state index in [1.54, 1.807) is 47.8 Å². The van der Waals surface area contributed by atoms with Crippen LogP contribution >= 0.6 is 23.1 Å². The molecule has 0 fully saturated rings. The number of carbonyl (C=O) groups is 1. The maximum absolute atomic E-state index is 12.6. The van der Waals surface area contributed by atoms with Gasteiger partial charge in [-0.15, -0.1) is 11.3 Å². The third kappa shape index (κ3) is 4.26. The molecule has 0 N–H and O–H groups in total. The summed E-state index contributed by atoms with van der Waals surface area (Å²) >= 11 is 3.02. The summed E-state index contributed by atoms with van der Waals surface area (Å²) in [5.74, 6) is 1.45. The number of amides is 1. The summed E-state index contributed by atoms with van der Waals surface area (Å²) in [5.41, 5.74) is 0.966. The third-order valence-electron chi connectivity index (χ3n) is 3.65. The van der Waals surface area contributed by atoms with Crippen molar-refractivity contribution in [3.63, 3.8) is 0 Å². The molecule has 8 heteroatoms. The van der Waals surface area contributed by atoms with Gasteiger partial charge in [0.1, 0.15) is 10.8 Å². The van der Waals surface area contributed by atoms with Crippen molar-refractivity contribution < 1.29 is 9.21 Å². The first-order valence-electron chi connectivity index (χ1n) is 7.72. The number of hydrogen-bond acceptors (Lipinski definition) is 7. The van der Waals surface area contributed by atoms with Crippen LogP contribution in [0.5, 0.6) is 0 Å². The van der Waals surface area contributed by atoms with Crippen LogP contribution in [0.25, 0.3) is 0 Å². The van der Waals surface area contributed by atoms with Gasteiger partial charge >= 0.3 is 0 Å². The zero-order valence-corrected chi connectivity index (χ0v) is 15.8. The van der Waals surface area contributed by atoms with Crippen LogP contribution in [-0.4, -0.2) is 32.8 Å². The minimum absolute atomic E-state index is 0.105. The Morgan fingerprint density at radius 1 is 1.36 bits per heavy atom. The molecule has 130 valence electrons. The molecule has 1 amide bonds. The van der Waals surface area contributed by atoms with E-state index < -0.39 is 0 Å². The lowest BCUT2D eigenvalue weighted by molar-refractivity contribution is 0.0708. The van der Waals surface area contributed by atoms with Gasteiger partial charge in [-0.25, -0.2) is 15.0 Å². The molecule has 0 spiro atoms. The smallest absolute Gasteiger partial charge is 0.289 e. The van der Waals surface area contributed by atoms with Crippen molar-refractivity contribution in [2.45, 2.75) is 30.8 Å². The number of furan rings is 1. The molecule has 3 aromatic heterocycles. The largest absolute Gasteiger partial charge is 0.455 e. The lowest BCUT2D eigenvalue weighted by Crippen LogP contribution is -2.29. The monoisotopic (exact) mass is 374 g/mol. The molecular weight excluding hydrogens is 356 g/mol. The Morgan fingerprint density at radius 2 is 2.12 bits per heavy atom. The predicted octanol–water partition coefficient (Wildman–Crippen LogP) is 3.96. The normalized spacial score (nSPS) is 12.1. The predicted molar refractivity (Wildman–Crippen MR) is 97.7 cm³/mol. The van der Waals surface area contributed by atoms with Gasteiger partial charge in [-0.2, -0.15) is 0 Å². The fourth-order valence-corrected chi connectivity index (χ4v) is 3.74. The van der Waals surface area contributed by atoms with Gasteiger partial charge in [0.25, 0.3) is 5.91 Å². The number of thioether (sulfide) groups is 1. The van der Waals surface area contributed by atoms with E-state index in [0.29, 0.717) is 22.4 Å². The average molecular weight is 374 g/mol. The first-order chi connectivity index (χ1) is 12.0. The second-order valence-corrected chi connectivity index (χ2v) is 7.34. The fourth-order valence-electron chi connectivity index (χ4n) is 2.15. The highest BCUT2D eigenvalue weighted by molar-refractivity contribution is 7.98. The highest BCUT2D eigenvalue weighted by Crippen LogP contribution is 2.25. The molecule has 0 saturated carbocycles. The number of thiazole rings is 1. The minimum Gasteiger partial charge on any atom is -0.455 e. The van der Waals surface area contributed by atoms with Crippen LogP contribution in [0.2, 0.25) is 0 Å². The summed E-state index contributed by atoms with van der Waals surface area (Å²) in [6.45, 7) is 3.91. The van der Waals surface area contributed by atoms with Crippen LogP contribution in [0.3, 0.4) is 0 Å². The maximum atomic E-state index is 12.6. The van der Waals surface area contributed by atoms with Crippen molar-refractivity contribution in [1.82, 2.24) is 19.9 Å². The zero-order chi connectivity index (χ0) is 17.8. The summed E-state index contributed by atoms with van der Waals surface area (Å²) in [6, 6.07) is 5.19. The molecular formula is C17H18N4O2S2. The van der Waals surface area contributed by atoms with Gasteiger partial charge in [-0.05, 0) is 32.0 Å². The minimum atomic E-state index is -0.160. The van der Waals surface area contributed by atoms with Crippen LogP contribution in [-0.2, 0) is 5.75 Å². The Bertz CT molecular complexity index is 847. The number of nitrogens with zero attached hydrogens (tertiary/aromatic N) is 4. The van der Waals surface area contributed by atoms with Gasteiger partial charge in [0.15, 0.2) is 10.9 Å². The van der Waals surface area contributed by atoms with Gasteiger partial charge in [0.05, 0.1) is 11.8 Å². The second kappa shape index (κ2) is 7.79. The van der Waals surface area contributed by atoms with Gasteiger partial charge in [0, 0.05) is 30.5 Å². The Morgan fingerprint density at radius 3 is 2.80 bits per heavy atom. The van der Waals surface area contributed by atoms with E-state index in [1.807, 2.05) is 25.3 Å². The molecule has 3 aromatic rings. The third-order valence-corrected chi connectivity index (χ3v) is 5.68. The van der Waals surface area contributed by atoms with Gasteiger partial charge in [-0.1, -0.05) is 11.8 Å². The van der Waals surface area contributed by atoms with E-state index in [9.17, 15) is 4.79 Å². The van der Waals surface area contributed by atoms with Crippen LogP contribution in [0.1, 0.15) is 40.0 Å². The van der Waals surface area contributed by atoms with Crippen molar-refractivity contribution in [2.24, 2.45) is 0 Å². The average Bonchev–Trinajstić information content (AvgIpc) is 3.28. The number of carbonyl (C=O) groups excluding carboxylic acids is 1. The fraction of sp³-hybridized carbons (Fsp3) is 0.294. The highest BCUT2D eigenvalue weighted by atomic mass is 32.2. The highest BCUT2D eigenvalue weighted by Gasteiger charge is 2.23. The van der Waals surface area contributed by atoms with E-state index >= 15 is 0 Å². The zero-order valence-electron chi connectivity index (χ0n) is 14.2. The quantitative estimate of drug-likeness (QED) is 0.480. The Kier molecular flexibility index (Phi) is 5.50. The van der Waals surface area contributed by atoms with E-state index in [1.165, 1.54) is 11.8 Å². The van der Waals surface area contributed by atoms with E-state index in [-0.39, 0.29) is 11.9 Å². The molecule has 6 nitrogen and oxygen atoms in total. The molecule has 25 heavy (non-hydrogen) atoms. The van der Waals surface area contributed by atoms with Crippen LogP contribution in [0.15, 0.2) is 45.5 Å². The first-order valence-corrected chi connectivity index (χ1v) is 9.59. The van der Waals surface area contributed by atoms with Crippen molar-refractivity contribution in [1.29, 1.82) is 0 Å². The summed E-state index contributed by atoms with van der Waals surface area (Å²) in [5, 5.41) is 3.58. The Labute approximate surface area is 154 Å². The van der Waals surface area contributed by atoms with Crippen LogP contribution < -0.4 is 0 Å². The van der Waals surface area contributed by atoms with Crippen molar-refractivity contribution in [2.75, 3.05) is 7.05 Å².